The summed E-state index contributed by atoms with van der Waals surface area (Å²) in [6.45, 7) is 3.20. The van der Waals surface area contributed by atoms with Gasteiger partial charge in [-0.2, -0.15) is 0 Å². The van der Waals surface area contributed by atoms with Gasteiger partial charge in [-0.05, 0) is 38.7 Å². The number of cyclic esters (lactones) is 1. The average Bonchev–Trinajstić information content (AvgIpc) is 3.10. The second-order valence-electron chi connectivity index (χ2n) is 8.70. The number of rotatable bonds is 16. The molecule has 2 unspecified atom stereocenters. The zero-order valence-electron chi connectivity index (χ0n) is 20.4. The van der Waals surface area contributed by atoms with Crippen LogP contribution in [0.2, 0.25) is 0 Å². The van der Waals surface area contributed by atoms with E-state index in [1.807, 2.05) is 13.0 Å². The first-order valence-electron chi connectivity index (χ1n) is 12.0. The molecule has 2 rings (SSSR count). The normalized spacial score (nSPS) is 15.5. The molecule has 33 heavy (non-hydrogen) atoms. The Morgan fingerprint density at radius 1 is 0.970 bits per heavy atom. The summed E-state index contributed by atoms with van der Waals surface area (Å²) in [5, 5.41) is 0. The van der Waals surface area contributed by atoms with Crippen molar-refractivity contribution in [3.8, 4) is 11.5 Å². The quantitative estimate of drug-likeness (QED) is 0.229. The van der Waals surface area contributed by atoms with Gasteiger partial charge in [-0.1, -0.05) is 32.1 Å². The van der Waals surface area contributed by atoms with E-state index in [-0.39, 0.29) is 29.9 Å². The van der Waals surface area contributed by atoms with Gasteiger partial charge < -0.3 is 18.9 Å². The van der Waals surface area contributed by atoms with Crippen LogP contribution in [-0.4, -0.2) is 38.0 Å². The Morgan fingerprint density at radius 3 is 2.27 bits per heavy atom. The Labute approximate surface area is 197 Å². The van der Waals surface area contributed by atoms with Gasteiger partial charge in [0, 0.05) is 31.4 Å². The van der Waals surface area contributed by atoms with Crippen LogP contribution in [-0.2, 0) is 19.1 Å². The molecule has 1 aliphatic rings. The van der Waals surface area contributed by atoms with Gasteiger partial charge in [-0.15, -0.1) is 0 Å². The lowest BCUT2D eigenvalue weighted by molar-refractivity contribution is -0.146. The fourth-order valence-corrected chi connectivity index (χ4v) is 4.20. The van der Waals surface area contributed by atoms with Gasteiger partial charge >= 0.3 is 11.9 Å². The van der Waals surface area contributed by atoms with Crippen molar-refractivity contribution in [3.05, 3.63) is 23.3 Å². The molecule has 1 aliphatic heterocycles. The summed E-state index contributed by atoms with van der Waals surface area (Å²) in [6, 6.07) is 3.57. The fraction of sp³-hybridized carbons (Fsp3) is 0.654. The summed E-state index contributed by atoms with van der Waals surface area (Å²) in [4.78, 5) is 35.1. The van der Waals surface area contributed by atoms with Crippen molar-refractivity contribution in [2.24, 2.45) is 0 Å². The molecule has 1 aromatic rings. The molecule has 0 fully saturated rings. The standard InChI is InChI=1S/C26H38O7/c1-18(32-19(2)27)14-15-20(28)12-10-8-6-5-7-9-11-13-23-22-16-21(30-3)17-24(31-4)25(22)26(29)33-23/h16-18,23H,5-15H2,1-4H3. The summed E-state index contributed by atoms with van der Waals surface area (Å²) < 4.78 is 21.3. The van der Waals surface area contributed by atoms with Crippen molar-refractivity contribution in [1.29, 1.82) is 0 Å². The minimum atomic E-state index is -0.329. The van der Waals surface area contributed by atoms with Crippen LogP contribution in [0.1, 0.15) is 107 Å². The molecule has 0 bridgehead atoms. The first-order chi connectivity index (χ1) is 15.8. The number of hydrogen-bond donors (Lipinski definition) is 0. The molecule has 1 heterocycles. The predicted molar refractivity (Wildman–Crippen MR) is 125 cm³/mol. The molecule has 2 atom stereocenters. The van der Waals surface area contributed by atoms with Crippen LogP contribution in [0.15, 0.2) is 12.1 Å². The first-order valence-corrected chi connectivity index (χ1v) is 12.0. The molecule has 0 aromatic heterocycles. The van der Waals surface area contributed by atoms with Crippen molar-refractivity contribution >= 4 is 17.7 Å². The van der Waals surface area contributed by atoms with E-state index < -0.39 is 0 Å². The number of Topliss-reactive ketones (excluding diaryl/α,β-unsaturated/α-hetero) is 1. The van der Waals surface area contributed by atoms with E-state index in [4.69, 9.17) is 18.9 Å². The molecule has 0 amide bonds. The maximum absolute atomic E-state index is 12.3. The second kappa shape index (κ2) is 13.9. The lowest BCUT2D eigenvalue weighted by Crippen LogP contribution is -2.13. The highest BCUT2D eigenvalue weighted by molar-refractivity contribution is 5.97. The second-order valence-corrected chi connectivity index (χ2v) is 8.70. The third-order valence-corrected chi connectivity index (χ3v) is 5.98. The van der Waals surface area contributed by atoms with Crippen LogP contribution < -0.4 is 9.47 Å². The Morgan fingerprint density at radius 2 is 1.64 bits per heavy atom. The Balaban J connectivity index is 1.56. The fourth-order valence-electron chi connectivity index (χ4n) is 4.20. The van der Waals surface area contributed by atoms with E-state index in [1.165, 1.54) is 14.0 Å². The zero-order chi connectivity index (χ0) is 24.2. The largest absolute Gasteiger partial charge is 0.497 e. The summed E-state index contributed by atoms with van der Waals surface area (Å²) >= 11 is 0. The molecular weight excluding hydrogens is 424 g/mol. The van der Waals surface area contributed by atoms with E-state index in [2.05, 4.69) is 0 Å². The summed E-state index contributed by atoms with van der Waals surface area (Å²) in [6.07, 6.45) is 9.44. The van der Waals surface area contributed by atoms with Crippen LogP contribution >= 0.6 is 0 Å². The minimum absolute atomic E-state index is 0.197. The van der Waals surface area contributed by atoms with Crippen molar-refractivity contribution < 1.29 is 33.3 Å². The zero-order valence-corrected chi connectivity index (χ0v) is 20.4. The number of unbranched alkanes of at least 4 members (excludes halogenated alkanes) is 6. The molecule has 0 N–H and O–H groups in total. The van der Waals surface area contributed by atoms with Crippen molar-refractivity contribution in [2.75, 3.05) is 14.2 Å². The monoisotopic (exact) mass is 462 g/mol. The predicted octanol–water partition coefficient (Wildman–Crippen LogP) is 5.73. The minimum Gasteiger partial charge on any atom is -0.497 e. The summed E-state index contributed by atoms with van der Waals surface area (Å²) in [5.41, 5.74) is 1.36. The van der Waals surface area contributed by atoms with Gasteiger partial charge in [0.25, 0.3) is 0 Å². The summed E-state index contributed by atoms with van der Waals surface area (Å²) in [7, 11) is 3.13. The van der Waals surface area contributed by atoms with Crippen LogP contribution in [0.4, 0.5) is 0 Å². The molecule has 1 aromatic carbocycles. The van der Waals surface area contributed by atoms with Crippen molar-refractivity contribution in [2.45, 2.75) is 96.7 Å². The van der Waals surface area contributed by atoms with Gasteiger partial charge in [0.1, 0.15) is 28.9 Å². The van der Waals surface area contributed by atoms with Crippen LogP contribution in [0.5, 0.6) is 11.5 Å². The van der Waals surface area contributed by atoms with Gasteiger partial charge in [-0.25, -0.2) is 4.79 Å². The lowest BCUT2D eigenvalue weighted by Gasteiger charge is -2.12. The number of fused-ring (bicyclic) bond motifs is 1. The number of ether oxygens (including phenoxy) is 4. The number of ketones is 1. The van der Waals surface area contributed by atoms with Crippen molar-refractivity contribution in [1.82, 2.24) is 0 Å². The molecule has 7 nitrogen and oxygen atoms in total. The van der Waals surface area contributed by atoms with Gasteiger partial charge in [0.15, 0.2) is 0 Å². The van der Waals surface area contributed by atoms with E-state index in [0.717, 1.165) is 56.9 Å². The average molecular weight is 463 g/mol. The molecular formula is C26H38O7. The number of carbonyl (C=O) groups is 3. The van der Waals surface area contributed by atoms with E-state index in [9.17, 15) is 14.4 Å². The molecule has 184 valence electrons. The number of hydrogen-bond acceptors (Lipinski definition) is 7. The SMILES string of the molecule is COc1cc(OC)c2c(c1)C(CCCCCCCCCC(=O)CCC(C)OC(C)=O)OC2=O. The Bertz CT molecular complexity index is 802. The highest BCUT2D eigenvalue weighted by Gasteiger charge is 2.34. The number of methoxy groups -OCH3 is 2. The van der Waals surface area contributed by atoms with Crippen molar-refractivity contribution in [3.63, 3.8) is 0 Å². The van der Waals surface area contributed by atoms with Crippen LogP contribution in [0, 0.1) is 0 Å². The number of carbonyl (C=O) groups excluding carboxylic acids is 3. The maximum atomic E-state index is 12.3. The smallest absolute Gasteiger partial charge is 0.342 e. The van der Waals surface area contributed by atoms with Crippen LogP contribution in [0.25, 0.3) is 0 Å². The highest BCUT2D eigenvalue weighted by Crippen LogP contribution is 2.41. The topological polar surface area (TPSA) is 88.1 Å². The molecule has 0 spiro atoms. The van der Waals surface area contributed by atoms with Gasteiger partial charge in [0.05, 0.1) is 20.3 Å². The lowest BCUT2D eigenvalue weighted by atomic mass is 9.98. The molecule has 0 saturated heterocycles. The van der Waals surface area contributed by atoms with E-state index in [0.29, 0.717) is 36.3 Å². The third kappa shape index (κ3) is 8.71. The molecule has 0 saturated carbocycles. The first kappa shape index (κ1) is 26.7. The molecule has 0 radical (unpaired) electrons. The van der Waals surface area contributed by atoms with Gasteiger partial charge in [-0.3, -0.25) is 9.59 Å². The Hall–Kier alpha value is -2.57. The van der Waals surface area contributed by atoms with Gasteiger partial charge in [0.2, 0.25) is 0 Å². The summed E-state index contributed by atoms with van der Waals surface area (Å²) in [5.74, 6) is 0.767. The number of esters is 2. The maximum Gasteiger partial charge on any atom is 0.342 e. The Kier molecular flexibility index (Phi) is 11.2. The van der Waals surface area contributed by atoms with Crippen LogP contribution in [0.3, 0.4) is 0 Å². The molecule has 7 heteroatoms. The highest BCUT2D eigenvalue weighted by atomic mass is 16.6. The third-order valence-electron chi connectivity index (χ3n) is 5.98. The van der Waals surface area contributed by atoms with E-state index in [1.54, 1.807) is 13.2 Å². The molecule has 0 aliphatic carbocycles. The van der Waals surface area contributed by atoms with E-state index >= 15 is 0 Å². The number of benzene rings is 1.